The Kier molecular flexibility index (Phi) is 71.3. The number of rotatable bonds is 0. The molecule has 0 atom stereocenters. The molecule has 0 fully saturated rings. The van der Waals surface area contributed by atoms with Crippen LogP contribution < -0.4 is 0 Å². The van der Waals surface area contributed by atoms with Gasteiger partial charge in [-0.15, -0.1) is 0 Å². The summed E-state index contributed by atoms with van der Waals surface area (Å²) in [6, 6.07) is 0. The van der Waals surface area contributed by atoms with E-state index >= 15 is 0 Å². The first kappa shape index (κ1) is 16.0. The molecule has 0 aromatic heterocycles. The first-order chi connectivity index (χ1) is 1.00. The molecule has 0 saturated carbocycles. The van der Waals surface area contributed by atoms with Gasteiger partial charge >= 0.3 is 62.0 Å². The van der Waals surface area contributed by atoms with Crippen molar-refractivity contribution in [1.82, 2.24) is 0 Å². The van der Waals surface area contributed by atoms with Gasteiger partial charge in [-0.05, 0) is 0 Å². The molecule has 0 aliphatic carbocycles. The molecule has 4 heavy (non-hydrogen) atoms. The summed E-state index contributed by atoms with van der Waals surface area (Å²) in [7, 11) is 0.868. The van der Waals surface area contributed by atoms with E-state index < -0.39 is 0 Å². The molecule has 0 bridgehead atoms. The van der Waals surface area contributed by atoms with Gasteiger partial charge in [-0.25, -0.2) is 0 Å². The summed E-state index contributed by atoms with van der Waals surface area (Å²) in [5.74, 6) is 0. The number of hydrogen-bond donors (Lipinski definition) is 0. The quantitative estimate of drug-likeness (QED) is 0.385. The van der Waals surface area contributed by atoms with Crippen LogP contribution >= 0.6 is 0 Å². The van der Waals surface area contributed by atoms with Gasteiger partial charge in [-0.2, -0.15) is 0 Å². The normalized spacial score (nSPS) is 2.50. The van der Waals surface area contributed by atoms with E-state index in [0.29, 0.717) is 0 Å². The van der Waals surface area contributed by atoms with Crippen LogP contribution in [0.25, 0.3) is 0 Å². The van der Waals surface area contributed by atoms with Crippen molar-refractivity contribution in [2.24, 2.45) is 0 Å². The van der Waals surface area contributed by atoms with Gasteiger partial charge in [0, 0.05) is 17.1 Å². The summed E-state index contributed by atoms with van der Waals surface area (Å²) in [5, 5.41) is 0. The molecule has 0 rings (SSSR count). The van der Waals surface area contributed by atoms with E-state index in [0.717, 1.165) is 8.85 Å². The van der Waals surface area contributed by atoms with Gasteiger partial charge in [0.2, 0.25) is 0 Å². The standard InChI is InChI=1S/Ca.Cu.Mn.H3Si.2H/h;;;1H3;;. The van der Waals surface area contributed by atoms with Gasteiger partial charge in [-0.1, -0.05) is 0 Å². The van der Waals surface area contributed by atoms with Crippen LogP contribution in [0.15, 0.2) is 0 Å². The van der Waals surface area contributed by atoms with Gasteiger partial charge in [0.25, 0.3) is 0 Å². The van der Waals surface area contributed by atoms with Crippen LogP contribution in [-0.4, -0.2) is 46.6 Å². The monoisotopic (exact) mass is 191 g/mol. The van der Waals surface area contributed by atoms with Gasteiger partial charge < -0.3 is 0 Å². The molecule has 0 N–H and O–H groups in total. The van der Waals surface area contributed by atoms with Crippen LogP contribution in [0, 0.1) is 0 Å². The maximum absolute atomic E-state index is 4.33. The Bertz CT molecular complexity index is 8.00. The van der Waals surface area contributed by atoms with Crippen LogP contribution in [0.5, 0.6) is 0 Å². The third-order valence-corrected chi connectivity index (χ3v) is 0. The summed E-state index contributed by atoms with van der Waals surface area (Å²) >= 11 is 4.33. The molecule has 0 heterocycles. The Morgan fingerprint density at radius 2 is 1.25 bits per heavy atom. The second kappa shape index (κ2) is 17.8. The van der Waals surface area contributed by atoms with Gasteiger partial charge in [0.05, 0.1) is 0 Å². The number of hydrogen-bond acceptors (Lipinski definition) is 0. The zero-order valence-corrected chi connectivity index (χ0v) is 5.80. The Hall–Kier alpha value is 2.52. The van der Waals surface area contributed by atoms with E-state index in [9.17, 15) is 0 Å². The van der Waals surface area contributed by atoms with Crippen molar-refractivity contribution in [3.8, 4) is 0 Å². The Morgan fingerprint density at radius 3 is 1.25 bits per heavy atom. The van der Waals surface area contributed by atoms with E-state index in [1.54, 1.807) is 0 Å². The third kappa shape index (κ3) is 8.82. The first-order valence-electron chi connectivity index (χ1n) is 0.302. The van der Waals surface area contributed by atoms with Crippen LogP contribution in [-0.2, 0) is 32.4 Å². The van der Waals surface area contributed by atoms with Crippen LogP contribution in [0.3, 0.4) is 0 Å². The summed E-state index contributed by atoms with van der Waals surface area (Å²) in [6.07, 6.45) is 0. The van der Waals surface area contributed by atoms with Crippen molar-refractivity contribution in [2.45, 2.75) is 0 Å². The minimum atomic E-state index is 0. The molecule has 0 aliphatic rings. The minimum absolute atomic E-state index is 0. The zero-order valence-electron chi connectivity index (χ0n) is 1.68. The molecule has 0 amide bonds. The molecule has 0 saturated heterocycles. The average Bonchev–Trinajstić information content (AvgIpc) is 1.00. The second-order valence-corrected chi connectivity index (χ2v) is 0. The second-order valence-electron chi connectivity index (χ2n) is 0. The maximum atomic E-state index is 4.33. The van der Waals surface area contributed by atoms with Crippen LogP contribution in [0.2, 0.25) is 0 Å². The van der Waals surface area contributed by atoms with Crippen molar-refractivity contribution in [2.75, 3.05) is 0 Å². The van der Waals surface area contributed by atoms with E-state index in [1.165, 1.54) is 0 Å². The Morgan fingerprint density at radius 1 is 1.25 bits per heavy atom. The molecule has 0 spiro atoms. The summed E-state index contributed by atoms with van der Waals surface area (Å²) in [4.78, 5) is 0. The van der Waals surface area contributed by atoms with Crippen molar-refractivity contribution in [3.63, 3.8) is 0 Å². The molecule has 29 valence electrons. The molecular weight excluding hydrogens is 187 g/mol. The zero-order chi connectivity index (χ0) is 2.00. The van der Waals surface area contributed by atoms with Gasteiger partial charge in [0.1, 0.15) is 0 Å². The van der Waals surface area contributed by atoms with E-state index in [2.05, 4.69) is 15.4 Å². The summed E-state index contributed by atoms with van der Waals surface area (Å²) in [5.41, 5.74) is 0. The van der Waals surface area contributed by atoms with E-state index in [-0.39, 0.29) is 54.8 Å². The predicted octanol–water partition coefficient (Wildman–Crippen LogP) is -2.11. The Labute approximate surface area is 77.6 Å². The fourth-order valence-electron chi connectivity index (χ4n) is 0. The first-order valence-corrected chi connectivity index (χ1v) is 3.73. The van der Waals surface area contributed by atoms with Gasteiger partial charge in [-0.3, -0.25) is 0 Å². The average molecular weight is 192 g/mol. The van der Waals surface area contributed by atoms with Crippen molar-refractivity contribution in [1.29, 1.82) is 0 Å². The topological polar surface area (TPSA) is 0 Å². The molecule has 0 aromatic rings. The SMILES string of the molecule is [CaH2].[Mn].[SiH3][Cu]. The van der Waals surface area contributed by atoms with Crippen molar-refractivity contribution < 1.29 is 32.4 Å². The molecule has 0 unspecified atom stereocenters. The molecular formula is H5CaCuMnSi. The fraction of sp³-hybridized carbons (Fsp3) is 0. The molecule has 0 aliphatic heterocycles. The van der Waals surface area contributed by atoms with Crippen molar-refractivity contribution in [3.05, 3.63) is 0 Å². The van der Waals surface area contributed by atoms with Crippen LogP contribution in [0.1, 0.15) is 0 Å². The Balaban J connectivity index is -0.00000000500. The molecule has 0 aromatic carbocycles. The van der Waals surface area contributed by atoms with Gasteiger partial charge in [0.15, 0.2) is 0 Å². The third-order valence-electron chi connectivity index (χ3n) is 0. The fourth-order valence-corrected chi connectivity index (χ4v) is 0. The van der Waals surface area contributed by atoms with E-state index in [1.807, 2.05) is 0 Å². The van der Waals surface area contributed by atoms with Crippen LogP contribution in [0.4, 0.5) is 0 Å². The molecule has 4 heteroatoms. The van der Waals surface area contributed by atoms with E-state index in [4.69, 9.17) is 0 Å². The summed E-state index contributed by atoms with van der Waals surface area (Å²) in [6.45, 7) is 0. The predicted molar refractivity (Wildman–Crippen MR) is 18.5 cm³/mol. The molecule has 0 nitrogen and oxygen atoms in total. The van der Waals surface area contributed by atoms with Crippen molar-refractivity contribution >= 4 is 46.6 Å². The summed E-state index contributed by atoms with van der Waals surface area (Å²) < 4.78 is 0. The molecule has 1 radical (unpaired) electrons.